The van der Waals surface area contributed by atoms with E-state index in [1.54, 1.807) is 0 Å². The van der Waals surface area contributed by atoms with E-state index in [4.69, 9.17) is 4.18 Å². The first-order valence-corrected chi connectivity index (χ1v) is 11.2. The van der Waals surface area contributed by atoms with Crippen LogP contribution in [0.5, 0.6) is 0 Å². The minimum absolute atomic E-state index is 0.104. The van der Waals surface area contributed by atoms with Crippen LogP contribution >= 0.6 is 0 Å². The Morgan fingerprint density at radius 3 is 1.41 bits per heavy atom. The summed E-state index contributed by atoms with van der Waals surface area (Å²) >= 11 is 0. The van der Waals surface area contributed by atoms with Crippen molar-refractivity contribution in [3.8, 4) is 0 Å². The molecule has 0 fully saturated rings. The van der Waals surface area contributed by atoms with Gasteiger partial charge in [0.2, 0.25) is 0 Å². The highest BCUT2D eigenvalue weighted by Crippen LogP contribution is 2.18. The number of hydrogen-bond donors (Lipinski definition) is 0. The maximum atomic E-state index is 11.4. The van der Waals surface area contributed by atoms with E-state index in [1.807, 2.05) is 0 Å². The van der Waals surface area contributed by atoms with E-state index >= 15 is 0 Å². The molecular formula is C18H38O3S. The molecule has 0 atom stereocenters. The van der Waals surface area contributed by atoms with Crippen LogP contribution in [0.15, 0.2) is 0 Å². The first kappa shape index (κ1) is 21.9. The lowest BCUT2D eigenvalue weighted by Crippen LogP contribution is -2.17. The Kier molecular flexibility index (Phi) is 14.4. The van der Waals surface area contributed by atoms with E-state index in [2.05, 4.69) is 13.8 Å². The molecule has 0 unspecified atom stereocenters. The molecule has 3 nitrogen and oxygen atoms in total. The standard InChI is InChI=1S/C18H38O3S/c1-4-6-8-10-12-14-16-18(21-22(3,19)20)17-15-13-11-9-7-5-2/h18H,4-17H2,1-3H3. The Hall–Kier alpha value is -0.0900. The lowest BCUT2D eigenvalue weighted by molar-refractivity contribution is 0.182. The van der Waals surface area contributed by atoms with Crippen molar-refractivity contribution in [1.29, 1.82) is 0 Å². The predicted octanol–water partition coefficient (Wildman–Crippen LogP) is 5.83. The lowest BCUT2D eigenvalue weighted by Gasteiger charge is -2.16. The summed E-state index contributed by atoms with van der Waals surface area (Å²) in [5, 5.41) is 0. The van der Waals surface area contributed by atoms with Gasteiger partial charge in [-0.1, -0.05) is 90.9 Å². The third kappa shape index (κ3) is 16.3. The van der Waals surface area contributed by atoms with E-state index in [1.165, 1.54) is 70.5 Å². The Morgan fingerprint density at radius 1 is 0.682 bits per heavy atom. The summed E-state index contributed by atoms with van der Waals surface area (Å²) in [6.07, 6.45) is 17.6. The highest BCUT2D eigenvalue weighted by atomic mass is 32.2. The van der Waals surface area contributed by atoms with Gasteiger partial charge in [0.05, 0.1) is 12.4 Å². The second-order valence-electron chi connectivity index (χ2n) is 6.54. The van der Waals surface area contributed by atoms with Crippen molar-refractivity contribution < 1.29 is 12.6 Å². The van der Waals surface area contributed by atoms with Crippen molar-refractivity contribution in [2.45, 2.75) is 110 Å². The maximum Gasteiger partial charge on any atom is 0.264 e. The van der Waals surface area contributed by atoms with E-state index in [9.17, 15) is 8.42 Å². The highest BCUT2D eigenvalue weighted by Gasteiger charge is 2.14. The minimum Gasteiger partial charge on any atom is -0.267 e. The molecule has 0 amide bonds. The largest absolute Gasteiger partial charge is 0.267 e. The van der Waals surface area contributed by atoms with Crippen LogP contribution in [-0.2, 0) is 14.3 Å². The predicted molar refractivity (Wildman–Crippen MR) is 95.7 cm³/mol. The first-order chi connectivity index (χ1) is 10.5. The highest BCUT2D eigenvalue weighted by molar-refractivity contribution is 7.86. The fourth-order valence-corrected chi connectivity index (χ4v) is 3.48. The van der Waals surface area contributed by atoms with Gasteiger partial charge in [-0.25, -0.2) is 0 Å². The van der Waals surface area contributed by atoms with Crippen molar-refractivity contribution in [3.05, 3.63) is 0 Å². The molecule has 0 spiro atoms. The zero-order valence-electron chi connectivity index (χ0n) is 15.1. The molecule has 134 valence electrons. The monoisotopic (exact) mass is 334 g/mol. The summed E-state index contributed by atoms with van der Waals surface area (Å²) in [5.74, 6) is 0. The average molecular weight is 335 g/mol. The SMILES string of the molecule is CCCCCCCCC(CCCCCCCC)OS(C)(=O)=O. The third-order valence-corrected chi connectivity index (χ3v) is 4.69. The normalized spacial score (nSPS) is 12.2. The molecule has 0 aliphatic heterocycles. The molecule has 0 aromatic rings. The Labute approximate surface area is 139 Å². The molecule has 0 aliphatic rings. The minimum atomic E-state index is -3.33. The molecule has 4 heteroatoms. The molecule has 0 saturated heterocycles. The fourth-order valence-electron chi connectivity index (χ4n) is 2.79. The Bertz CT molecular complexity index is 309. The van der Waals surface area contributed by atoms with Crippen LogP contribution in [0.25, 0.3) is 0 Å². The van der Waals surface area contributed by atoms with Crippen LogP contribution < -0.4 is 0 Å². The van der Waals surface area contributed by atoms with E-state index < -0.39 is 10.1 Å². The summed E-state index contributed by atoms with van der Waals surface area (Å²) in [6, 6.07) is 0. The molecule has 0 saturated carbocycles. The topological polar surface area (TPSA) is 43.4 Å². The van der Waals surface area contributed by atoms with Gasteiger partial charge in [0.15, 0.2) is 0 Å². The molecule has 0 aromatic heterocycles. The second-order valence-corrected chi connectivity index (χ2v) is 8.14. The molecule has 22 heavy (non-hydrogen) atoms. The first-order valence-electron chi connectivity index (χ1n) is 9.37. The Balaban J connectivity index is 3.85. The summed E-state index contributed by atoms with van der Waals surface area (Å²) in [5.41, 5.74) is 0. The molecule has 0 radical (unpaired) electrons. The van der Waals surface area contributed by atoms with Crippen molar-refractivity contribution in [2.24, 2.45) is 0 Å². The van der Waals surface area contributed by atoms with Gasteiger partial charge in [0.1, 0.15) is 0 Å². The van der Waals surface area contributed by atoms with Crippen LogP contribution in [0, 0.1) is 0 Å². The zero-order valence-corrected chi connectivity index (χ0v) is 15.9. The number of hydrogen-bond acceptors (Lipinski definition) is 3. The van der Waals surface area contributed by atoms with Gasteiger partial charge in [0.25, 0.3) is 10.1 Å². The van der Waals surface area contributed by atoms with Gasteiger partial charge in [-0.3, -0.25) is 4.18 Å². The van der Waals surface area contributed by atoms with Gasteiger partial charge in [-0.15, -0.1) is 0 Å². The molecule has 0 rings (SSSR count). The zero-order chi connectivity index (χ0) is 16.7. The molecular weight excluding hydrogens is 296 g/mol. The van der Waals surface area contributed by atoms with Crippen molar-refractivity contribution in [1.82, 2.24) is 0 Å². The van der Waals surface area contributed by atoms with E-state index in [0.717, 1.165) is 25.7 Å². The van der Waals surface area contributed by atoms with Gasteiger partial charge < -0.3 is 0 Å². The summed E-state index contributed by atoms with van der Waals surface area (Å²) in [7, 11) is -3.33. The van der Waals surface area contributed by atoms with Crippen molar-refractivity contribution in [2.75, 3.05) is 6.26 Å². The van der Waals surface area contributed by atoms with Gasteiger partial charge in [0, 0.05) is 0 Å². The molecule has 0 N–H and O–H groups in total. The third-order valence-electron chi connectivity index (χ3n) is 4.07. The van der Waals surface area contributed by atoms with Crippen LogP contribution in [-0.4, -0.2) is 20.8 Å². The summed E-state index contributed by atoms with van der Waals surface area (Å²) in [4.78, 5) is 0. The van der Waals surface area contributed by atoms with Crippen LogP contribution in [0.4, 0.5) is 0 Å². The van der Waals surface area contributed by atoms with E-state index in [-0.39, 0.29) is 6.10 Å². The van der Waals surface area contributed by atoms with Crippen LogP contribution in [0.2, 0.25) is 0 Å². The smallest absolute Gasteiger partial charge is 0.264 e. The molecule has 0 bridgehead atoms. The average Bonchev–Trinajstić information content (AvgIpc) is 2.44. The summed E-state index contributed by atoms with van der Waals surface area (Å²) in [6.45, 7) is 4.44. The van der Waals surface area contributed by atoms with Gasteiger partial charge in [-0.05, 0) is 12.8 Å². The van der Waals surface area contributed by atoms with Crippen LogP contribution in [0.1, 0.15) is 104 Å². The molecule has 0 aliphatic carbocycles. The van der Waals surface area contributed by atoms with Gasteiger partial charge >= 0.3 is 0 Å². The lowest BCUT2D eigenvalue weighted by atomic mass is 10.0. The van der Waals surface area contributed by atoms with Crippen molar-refractivity contribution in [3.63, 3.8) is 0 Å². The van der Waals surface area contributed by atoms with Crippen LogP contribution in [0.3, 0.4) is 0 Å². The number of unbranched alkanes of at least 4 members (excludes halogenated alkanes) is 10. The quantitative estimate of drug-likeness (QED) is 0.263. The van der Waals surface area contributed by atoms with Gasteiger partial charge in [-0.2, -0.15) is 8.42 Å². The summed E-state index contributed by atoms with van der Waals surface area (Å²) < 4.78 is 28.0. The maximum absolute atomic E-state index is 11.4. The Morgan fingerprint density at radius 2 is 1.05 bits per heavy atom. The van der Waals surface area contributed by atoms with Crippen molar-refractivity contribution >= 4 is 10.1 Å². The van der Waals surface area contributed by atoms with E-state index in [0.29, 0.717) is 0 Å². The fraction of sp³-hybridized carbons (Fsp3) is 1.00. The number of rotatable bonds is 16. The molecule has 0 aromatic carbocycles. The second kappa shape index (κ2) is 14.5. The molecule has 0 heterocycles.